The number of anilines is 1. The lowest BCUT2D eigenvalue weighted by atomic mass is 10.1. The first kappa shape index (κ1) is 23.3. The van der Waals surface area contributed by atoms with Crippen LogP contribution in [0.1, 0.15) is 11.1 Å². The van der Waals surface area contributed by atoms with Crippen LogP contribution in [0.5, 0.6) is 0 Å². The van der Waals surface area contributed by atoms with Crippen LogP contribution in [0, 0.1) is 5.82 Å². The van der Waals surface area contributed by atoms with E-state index in [0.717, 1.165) is 20.3 Å². The minimum absolute atomic E-state index is 0.0256. The van der Waals surface area contributed by atoms with Gasteiger partial charge in [0.05, 0.1) is 22.8 Å². The van der Waals surface area contributed by atoms with Crippen LogP contribution in [0.2, 0.25) is 10.0 Å². The Morgan fingerprint density at radius 2 is 1.81 bits per heavy atom. The molecule has 0 bridgehead atoms. The molecule has 6 rings (SSSR count). The van der Waals surface area contributed by atoms with Gasteiger partial charge in [0.1, 0.15) is 10.3 Å². The number of halogens is 4. The highest BCUT2D eigenvalue weighted by Crippen LogP contribution is 2.38. The summed E-state index contributed by atoms with van der Waals surface area (Å²) in [6.07, 6.45) is 0. The van der Waals surface area contributed by atoms with Crippen LogP contribution in [0.25, 0.3) is 21.9 Å². The Hall–Kier alpha value is -3.11. The smallest absolute Gasteiger partial charge is 0.291 e. The van der Waals surface area contributed by atoms with Crippen molar-refractivity contribution in [1.82, 2.24) is 14.6 Å². The van der Waals surface area contributed by atoms with Crippen molar-refractivity contribution < 1.29 is 9.18 Å². The van der Waals surface area contributed by atoms with Gasteiger partial charge in [0, 0.05) is 26.2 Å². The quantitative estimate of drug-likeness (QED) is 0.274. The number of carbonyl (C=O) groups excluding carboxylic acids is 1. The molecule has 0 aliphatic carbocycles. The van der Waals surface area contributed by atoms with Gasteiger partial charge >= 0.3 is 0 Å². The summed E-state index contributed by atoms with van der Waals surface area (Å²) in [5.74, 6) is -0.526. The zero-order chi connectivity index (χ0) is 25.1. The largest absolute Gasteiger partial charge is 0.303 e. The maximum Gasteiger partial charge on any atom is 0.291 e. The molecule has 3 heterocycles. The second kappa shape index (κ2) is 8.77. The highest BCUT2D eigenvalue weighted by molar-refractivity contribution is 9.10. The number of hydrogen-bond acceptors (Lipinski definition) is 5. The topological polar surface area (TPSA) is 67.6 Å². The molecule has 3 aromatic carbocycles. The van der Waals surface area contributed by atoms with E-state index in [4.69, 9.17) is 23.2 Å². The van der Waals surface area contributed by atoms with Crippen LogP contribution in [0.4, 0.5) is 10.1 Å². The molecule has 5 aromatic rings. The fourth-order valence-electron chi connectivity index (χ4n) is 4.15. The number of rotatable bonds is 3. The molecule has 0 atom stereocenters. The molecule has 1 amide bonds. The number of thiazole rings is 1. The fraction of sp³-hybridized carbons (Fsp3) is 0.0400. The Kier molecular flexibility index (Phi) is 5.68. The molecule has 0 unspecified atom stereocenters. The van der Waals surface area contributed by atoms with Gasteiger partial charge < -0.3 is 4.90 Å². The molecule has 6 nitrogen and oxygen atoms in total. The van der Waals surface area contributed by atoms with E-state index in [9.17, 15) is 14.0 Å². The molecule has 0 N–H and O–H groups in total. The predicted octanol–water partition coefficient (Wildman–Crippen LogP) is 5.49. The number of nitrogens with zero attached hydrogens (tertiary/aromatic N) is 4. The first-order valence-corrected chi connectivity index (χ1v) is 12.9. The molecule has 0 saturated heterocycles. The van der Waals surface area contributed by atoms with Crippen molar-refractivity contribution in [2.75, 3.05) is 4.90 Å². The molecule has 36 heavy (non-hydrogen) atoms. The molecule has 178 valence electrons. The first-order valence-electron chi connectivity index (χ1n) is 10.6. The molecule has 1 aliphatic heterocycles. The van der Waals surface area contributed by atoms with E-state index in [1.165, 1.54) is 11.0 Å². The highest BCUT2D eigenvalue weighted by Gasteiger charge is 2.35. The van der Waals surface area contributed by atoms with Gasteiger partial charge in [-0.2, -0.15) is 9.50 Å². The Labute approximate surface area is 225 Å². The molecule has 0 radical (unpaired) electrons. The van der Waals surface area contributed by atoms with E-state index < -0.39 is 17.3 Å². The standard InChI is InChI=1S/C25H12BrCl2FN4O2S/c26-13-5-8-19-16(9-13)20(23(34)32(19)11-12-3-1-2-4-18(12)29)21-24(35)33-25(36-21)30-22(31-33)15-7-6-14(27)10-17(15)28/h1-10H,11H2. The third-order valence-electron chi connectivity index (χ3n) is 5.82. The van der Waals surface area contributed by atoms with Crippen molar-refractivity contribution >= 4 is 72.6 Å². The summed E-state index contributed by atoms with van der Waals surface area (Å²) in [7, 11) is 0. The van der Waals surface area contributed by atoms with Crippen molar-refractivity contribution in [2.45, 2.75) is 6.54 Å². The second-order valence-corrected chi connectivity index (χ2v) is 10.7. The zero-order valence-electron chi connectivity index (χ0n) is 18.0. The number of benzene rings is 3. The summed E-state index contributed by atoms with van der Waals surface area (Å²) in [5.41, 5.74) is 1.84. The number of fused-ring (bicyclic) bond motifs is 2. The van der Waals surface area contributed by atoms with E-state index >= 15 is 0 Å². The molecule has 0 saturated carbocycles. The fourth-order valence-corrected chi connectivity index (χ4v) is 6.00. The van der Waals surface area contributed by atoms with E-state index in [0.29, 0.717) is 37.4 Å². The van der Waals surface area contributed by atoms with E-state index in [-0.39, 0.29) is 22.5 Å². The average Bonchev–Trinajstić information content (AvgIpc) is 3.46. The van der Waals surface area contributed by atoms with Gasteiger partial charge in [0.15, 0.2) is 5.82 Å². The van der Waals surface area contributed by atoms with Crippen LogP contribution in [-0.4, -0.2) is 20.5 Å². The van der Waals surface area contributed by atoms with Crippen LogP contribution in [0.3, 0.4) is 0 Å². The lowest BCUT2D eigenvalue weighted by Crippen LogP contribution is -2.32. The summed E-state index contributed by atoms with van der Waals surface area (Å²) >= 11 is 16.8. The van der Waals surface area contributed by atoms with Gasteiger partial charge in [-0.15, -0.1) is 5.10 Å². The Balaban J connectivity index is 1.52. The van der Waals surface area contributed by atoms with Crippen molar-refractivity contribution in [1.29, 1.82) is 0 Å². The summed E-state index contributed by atoms with van der Waals surface area (Å²) in [6, 6.07) is 16.5. The molecule has 1 aliphatic rings. The van der Waals surface area contributed by atoms with Crippen molar-refractivity contribution in [3.8, 4) is 11.4 Å². The van der Waals surface area contributed by atoms with Crippen LogP contribution < -0.4 is 15.0 Å². The summed E-state index contributed by atoms with van der Waals surface area (Å²) in [4.78, 5) is 33.3. The molecular weight excluding hydrogens is 590 g/mol. The van der Waals surface area contributed by atoms with Crippen molar-refractivity contribution in [3.63, 3.8) is 0 Å². The van der Waals surface area contributed by atoms with Gasteiger partial charge in [-0.25, -0.2) is 4.39 Å². The van der Waals surface area contributed by atoms with Crippen LogP contribution >= 0.6 is 50.5 Å². The Morgan fingerprint density at radius 3 is 2.56 bits per heavy atom. The van der Waals surface area contributed by atoms with Gasteiger partial charge in [0.25, 0.3) is 11.5 Å². The molecular formula is C25H12BrCl2FN4O2S. The molecule has 0 spiro atoms. The lowest BCUT2D eigenvalue weighted by molar-refractivity contribution is -0.113. The third-order valence-corrected chi connectivity index (χ3v) is 7.89. The lowest BCUT2D eigenvalue weighted by Gasteiger charge is -2.17. The maximum atomic E-state index is 14.4. The number of hydrogen-bond donors (Lipinski definition) is 0. The summed E-state index contributed by atoms with van der Waals surface area (Å²) < 4.78 is 16.5. The predicted molar refractivity (Wildman–Crippen MR) is 142 cm³/mol. The highest BCUT2D eigenvalue weighted by atomic mass is 79.9. The van der Waals surface area contributed by atoms with Gasteiger partial charge in [-0.1, -0.05) is 68.7 Å². The molecule has 11 heteroatoms. The third kappa shape index (κ3) is 3.74. The van der Waals surface area contributed by atoms with Gasteiger partial charge in [-0.05, 0) is 42.5 Å². The van der Waals surface area contributed by atoms with Crippen molar-refractivity contribution in [3.05, 3.63) is 107 Å². The number of carbonyl (C=O) groups is 1. The molecule has 2 aromatic heterocycles. The van der Waals surface area contributed by atoms with E-state index in [1.54, 1.807) is 54.6 Å². The van der Waals surface area contributed by atoms with E-state index in [2.05, 4.69) is 26.0 Å². The zero-order valence-corrected chi connectivity index (χ0v) is 21.9. The summed E-state index contributed by atoms with van der Waals surface area (Å²) in [6.45, 7) is 0.0256. The SMILES string of the molecule is O=C1C(=c2sc3nc(-c4ccc(Cl)cc4Cl)nn3c2=O)c2cc(Br)ccc2N1Cc1ccccc1F. The summed E-state index contributed by atoms with van der Waals surface area (Å²) in [5, 5.41) is 5.17. The maximum absolute atomic E-state index is 14.4. The average molecular weight is 602 g/mol. The molecule has 0 fully saturated rings. The Morgan fingerprint density at radius 1 is 1.00 bits per heavy atom. The minimum Gasteiger partial charge on any atom is -0.303 e. The van der Waals surface area contributed by atoms with Crippen molar-refractivity contribution in [2.24, 2.45) is 0 Å². The first-order chi connectivity index (χ1) is 17.3. The number of amides is 1. The van der Waals surface area contributed by atoms with Gasteiger partial charge in [-0.3, -0.25) is 9.59 Å². The van der Waals surface area contributed by atoms with Gasteiger partial charge in [0.2, 0.25) is 4.96 Å². The Bertz CT molecular complexity index is 1840. The van der Waals surface area contributed by atoms with Crippen LogP contribution in [0.15, 0.2) is 69.9 Å². The van der Waals surface area contributed by atoms with Crippen LogP contribution in [-0.2, 0) is 11.3 Å². The van der Waals surface area contributed by atoms with E-state index in [1.807, 2.05) is 0 Å². The number of aromatic nitrogens is 3. The normalized spacial score (nSPS) is 14.7. The minimum atomic E-state index is -0.471. The monoisotopic (exact) mass is 600 g/mol. The second-order valence-electron chi connectivity index (χ2n) is 8.01.